The van der Waals surface area contributed by atoms with E-state index >= 15 is 0 Å². The van der Waals surface area contributed by atoms with Crippen molar-refractivity contribution in [3.8, 4) is 67.8 Å². The largest absolute Gasteiger partial charge is 0.278 e. The number of fused-ring (bicyclic) bond motifs is 9. The Bertz CT molecular complexity index is 5010. The van der Waals surface area contributed by atoms with Crippen LogP contribution in [0.25, 0.3) is 111 Å². The van der Waals surface area contributed by atoms with Gasteiger partial charge in [-0.25, -0.2) is 0 Å². The summed E-state index contributed by atoms with van der Waals surface area (Å²) in [7, 11) is 0. The number of aromatic nitrogens is 5. The Kier molecular flexibility index (Phi) is 4.49. The van der Waals surface area contributed by atoms with Crippen LogP contribution in [0.4, 0.5) is 0 Å². The highest BCUT2D eigenvalue weighted by molar-refractivity contribution is 6.11. The molecule has 13 rings (SSSR count). The average Bonchev–Trinajstić information content (AvgIpc) is 1.63. The van der Waals surface area contributed by atoms with Crippen LogP contribution in [-0.4, -0.2) is 24.1 Å². The Morgan fingerprint density at radius 1 is 0.385 bits per heavy atom. The van der Waals surface area contributed by atoms with Crippen molar-refractivity contribution in [2.45, 2.75) is 19.3 Å². The second-order valence-electron chi connectivity index (χ2n) is 15.8. The minimum Gasteiger partial charge on any atom is -0.278 e. The maximum Gasteiger partial charge on any atom is 0.240 e. The summed E-state index contributed by atoms with van der Waals surface area (Å²) in [5.41, 5.74) is 0.798. The molecule has 0 aliphatic heterocycles. The zero-order valence-electron chi connectivity index (χ0n) is 58.1. The zero-order chi connectivity index (χ0) is 64.1. The minimum atomic E-state index is -0.908. The van der Waals surface area contributed by atoms with Gasteiger partial charge in [0, 0.05) is 32.5 Å². The molecule has 5 heteroatoms. The summed E-state index contributed by atoms with van der Waals surface area (Å²) in [6.07, 6.45) is 0. The maximum absolute atomic E-state index is 10.1. The molecule has 0 saturated carbocycles. The minimum absolute atomic E-state index is 0.180. The third kappa shape index (κ3) is 5.82. The van der Waals surface area contributed by atoms with Crippen molar-refractivity contribution in [3.05, 3.63) is 223 Å². The van der Waals surface area contributed by atoms with E-state index in [1.807, 2.05) is 24.3 Å². The van der Waals surface area contributed by atoms with Gasteiger partial charge in [0.25, 0.3) is 0 Å². The molecule has 3 aromatic heterocycles. The van der Waals surface area contributed by atoms with Crippen molar-refractivity contribution in [1.82, 2.24) is 24.1 Å². The summed E-state index contributed by atoms with van der Waals surface area (Å²) < 4.78 is 220. The van der Waals surface area contributed by atoms with Gasteiger partial charge in [-0.15, -0.1) is 0 Å². The van der Waals surface area contributed by atoms with Gasteiger partial charge in [-0.3, -0.25) is 9.13 Å². The van der Waals surface area contributed by atoms with E-state index in [4.69, 9.17) is 34.1 Å². The predicted octanol–water partition coefficient (Wildman–Crippen LogP) is 15.0. The fourth-order valence-electron chi connectivity index (χ4n) is 8.80. The van der Waals surface area contributed by atoms with Crippen LogP contribution in [0, 0.1) is 0 Å². The van der Waals surface area contributed by atoms with E-state index in [0.717, 1.165) is 42.5 Å². The zero-order valence-corrected chi connectivity index (χ0v) is 34.1. The van der Waals surface area contributed by atoms with Crippen molar-refractivity contribution in [2.24, 2.45) is 0 Å². The van der Waals surface area contributed by atoms with Gasteiger partial charge in [-0.2, -0.15) is 15.0 Å². The maximum atomic E-state index is 10.1. The van der Waals surface area contributed by atoms with Crippen LogP contribution in [-0.2, 0) is 5.41 Å². The van der Waals surface area contributed by atoms with Crippen LogP contribution in [0.1, 0.15) is 57.9 Å². The van der Waals surface area contributed by atoms with Crippen LogP contribution in [0.15, 0.2) is 212 Å². The molecule has 306 valence electrons. The first kappa shape index (κ1) is 20.4. The molecule has 0 saturated heterocycles. The lowest BCUT2D eigenvalue weighted by atomic mass is 9.81. The molecule has 0 fully saturated rings. The second-order valence-corrected chi connectivity index (χ2v) is 15.8. The number of rotatable bonds is 6. The van der Waals surface area contributed by atoms with Gasteiger partial charge < -0.3 is 0 Å². The molecule has 65 heavy (non-hydrogen) atoms. The molecule has 0 atom stereocenters. The summed E-state index contributed by atoms with van der Waals surface area (Å²) in [6.45, 7) is 4.28. The highest BCUT2D eigenvalue weighted by Crippen LogP contribution is 2.49. The monoisotopic (exact) mass is 855 g/mol. The average molecular weight is 856 g/mol. The van der Waals surface area contributed by atoms with Crippen molar-refractivity contribution in [1.29, 1.82) is 0 Å². The smallest absolute Gasteiger partial charge is 0.240 e. The Hall–Kier alpha value is -8.41. The lowest BCUT2D eigenvalue weighted by Crippen LogP contribution is -2.14. The van der Waals surface area contributed by atoms with Crippen molar-refractivity contribution in [2.75, 3.05) is 0 Å². The first-order chi connectivity index (χ1) is 42.0. The Morgan fingerprint density at radius 2 is 0.862 bits per heavy atom. The molecule has 1 aliphatic rings. The number of nitrogens with zero attached hydrogens (tertiary/aromatic N) is 5. The van der Waals surface area contributed by atoms with E-state index in [1.165, 1.54) is 0 Å². The van der Waals surface area contributed by atoms with Crippen molar-refractivity contribution in [3.63, 3.8) is 0 Å². The van der Waals surface area contributed by atoms with Gasteiger partial charge in [0.2, 0.25) is 11.9 Å². The molecule has 0 spiro atoms. The SMILES string of the molecule is [2H]c1c([2H])c([2H])c(-c2c([2H])c([2H])c3c4c([2H])c([2H])c(-c5c([2H])c([2H])c([2H])c([2H])c5[2H])c([2H])c4n(-c4nc(-c5ccc(-c6ccc7c(c6)C(C)(C)c6ccccc6-7)cc5)nc(-n5c6c([2H])c([2H])c([2H])c([2H])c6c6c([2H])c([2H])c([2H])c([2H])c65)n4)c3c2[2H])c([2H])c1[2H]. The van der Waals surface area contributed by atoms with E-state index < -0.39 is 212 Å². The summed E-state index contributed by atoms with van der Waals surface area (Å²) in [6, 6.07) is 0.946. The Balaban J connectivity index is 1.21. The fourth-order valence-corrected chi connectivity index (χ4v) is 8.80. The summed E-state index contributed by atoms with van der Waals surface area (Å²) in [4.78, 5) is 14.6. The van der Waals surface area contributed by atoms with Crippen LogP contribution < -0.4 is 0 Å². The quantitative estimate of drug-likeness (QED) is 0.167. The summed E-state index contributed by atoms with van der Waals surface area (Å²) >= 11 is 0. The predicted molar refractivity (Wildman–Crippen MR) is 268 cm³/mol. The third-order valence-electron chi connectivity index (χ3n) is 11.9. The number of hydrogen-bond donors (Lipinski definition) is 0. The van der Waals surface area contributed by atoms with Crippen LogP contribution >= 0.6 is 0 Å². The van der Waals surface area contributed by atoms with Crippen molar-refractivity contribution < 1.29 is 32.9 Å². The molecule has 9 aromatic carbocycles. The number of para-hydroxylation sites is 2. The standard InChI is InChI=1S/C60H41N5/c1-60(2)51-22-12-9-19-45(51)46-32-29-42(35-52(46)60)40-25-27-41(28-26-40)57-61-58(64-53-23-13-10-20-47(53)48-21-11-14-24-54(48)64)63-59(62-57)65-55-36-43(38-15-5-3-6-16-38)30-33-49(55)50-34-31-44(37-56(50)65)39-17-7-4-8-18-39/h3-37H,1-2H3/i3D,4D,5D,6D,7D,8D,10D,11D,13D,14D,15D,16D,17D,18D,20D,21D,23D,24D,30D,31D,33D,34D,36D,37D. The molecule has 0 N–H and O–H groups in total. The van der Waals surface area contributed by atoms with Gasteiger partial charge >= 0.3 is 0 Å². The molecule has 12 aromatic rings. The lowest BCUT2D eigenvalue weighted by molar-refractivity contribution is 0.660. The summed E-state index contributed by atoms with van der Waals surface area (Å²) in [5, 5.41) is -1.81. The van der Waals surface area contributed by atoms with Gasteiger partial charge in [0.05, 0.1) is 55.0 Å². The lowest BCUT2D eigenvalue weighted by Gasteiger charge is -2.22. The van der Waals surface area contributed by atoms with Crippen molar-refractivity contribution >= 4 is 43.6 Å². The molecule has 0 radical (unpaired) electrons. The van der Waals surface area contributed by atoms with Gasteiger partial charge in [-0.1, -0.05) is 195 Å². The van der Waals surface area contributed by atoms with E-state index in [0.29, 0.717) is 0 Å². The first-order valence-electron chi connectivity index (χ1n) is 32.3. The fraction of sp³-hybridized carbons (Fsp3) is 0.0500. The van der Waals surface area contributed by atoms with Crippen LogP contribution in [0.3, 0.4) is 0 Å². The third-order valence-corrected chi connectivity index (χ3v) is 11.9. The summed E-state index contributed by atoms with van der Waals surface area (Å²) in [5.74, 6) is -1.66. The normalized spacial score (nSPS) is 18.1. The van der Waals surface area contributed by atoms with Gasteiger partial charge in [-0.05, 0) is 85.9 Å². The molecule has 0 unspecified atom stereocenters. The second kappa shape index (κ2) is 14.3. The van der Waals surface area contributed by atoms with E-state index in [9.17, 15) is 13.7 Å². The van der Waals surface area contributed by atoms with Gasteiger partial charge in [0.1, 0.15) is 0 Å². The molecule has 1 aliphatic carbocycles. The number of benzene rings is 9. The molecular weight excluding hydrogens is 791 g/mol. The Morgan fingerprint density at radius 3 is 1.46 bits per heavy atom. The highest BCUT2D eigenvalue weighted by atomic mass is 15.3. The molecule has 5 nitrogen and oxygen atoms in total. The molecule has 0 amide bonds. The van der Waals surface area contributed by atoms with E-state index in [1.54, 1.807) is 24.3 Å². The molecule has 0 bridgehead atoms. The number of hydrogen-bond acceptors (Lipinski definition) is 3. The molecular formula is C60H41N5. The topological polar surface area (TPSA) is 48.5 Å². The van der Waals surface area contributed by atoms with E-state index in [2.05, 4.69) is 32.0 Å². The Labute approximate surface area is 410 Å². The molecule has 3 heterocycles. The first-order valence-corrected chi connectivity index (χ1v) is 20.3. The van der Waals surface area contributed by atoms with Gasteiger partial charge in [0.15, 0.2) is 5.82 Å². The van der Waals surface area contributed by atoms with Crippen LogP contribution in [0.2, 0.25) is 0 Å². The van der Waals surface area contributed by atoms with Crippen LogP contribution in [0.5, 0.6) is 0 Å². The van der Waals surface area contributed by atoms with E-state index in [-0.39, 0.29) is 27.6 Å². The highest BCUT2D eigenvalue weighted by Gasteiger charge is 2.35.